The van der Waals surface area contributed by atoms with Crippen molar-refractivity contribution in [2.75, 3.05) is 14.2 Å². The number of imidazole rings is 1. The molecule has 1 unspecified atom stereocenters. The smallest absolute Gasteiger partial charge is 0.323 e. The van der Waals surface area contributed by atoms with E-state index < -0.39 is 0 Å². The summed E-state index contributed by atoms with van der Waals surface area (Å²) in [5.41, 5.74) is 2.44. The number of rotatable bonds is 4. The lowest BCUT2D eigenvalue weighted by atomic mass is 10.0. The molecule has 0 fully saturated rings. The Kier molecular flexibility index (Phi) is 3.88. The molecule has 5 nitrogen and oxygen atoms in total. The summed E-state index contributed by atoms with van der Waals surface area (Å²) in [6.45, 7) is 0. The van der Waals surface area contributed by atoms with Crippen LogP contribution >= 0.6 is 27.3 Å². The monoisotopic (exact) mass is 367 g/mol. The Morgan fingerprint density at radius 2 is 2.00 bits per heavy atom. The van der Waals surface area contributed by atoms with Gasteiger partial charge in [0.25, 0.3) is 0 Å². The van der Waals surface area contributed by atoms with Crippen LogP contribution < -0.4 is 15.7 Å². The first-order chi connectivity index (χ1) is 10.1. The molecule has 0 saturated heterocycles. The van der Waals surface area contributed by atoms with Gasteiger partial charge in [0, 0.05) is 14.7 Å². The zero-order chi connectivity index (χ0) is 15.0. The molecule has 3 aromatic rings. The molecule has 0 radical (unpaired) electrons. The second-order valence-electron chi connectivity index (χ2n) is 4.61. The maximum absolute atomic E-state index is 11.4. The van der Waals surface area contributed by atoms with Crippen molar-refractivity contribution in [3.05, 3.63) is 49.0 Å². The molecule has 0 amide bonds. The van der Waals surface area contributed by atoms with Crippen LogP contribution in [-0.2, 0) is 0 Å². The topological polar surface area (TPSA) is 69.9 Å². The van der Waals surface area contributed by atoms with Gasteiger partial charge in [-0.25, -0.2) is 4.79 Å². The van der Waals surface area contributed by atoms with Crippen LogP contribution in [-0.4, -0.2) is 24.1 Å². The van der Waals surface area contributed by atoms with Gasteiger partial charge in [-0.1, -0.05) is 15.9 Å². The van der Waals surface area contributed by atoms with Gasteiger partial charge in [0.05, 0.1) is 24.2 Å². The number of nitrogens with one attached hydrogen (secondary N) is 3. The first-order valence-electron chi connectivity index (χ1n) is 6.33. The lowest BCUT2D eigenvalue weighted by Gasteiger charge is -2.16. The van der Waals surface area contributed by atoms with Crippen LogP contribution in [0.1, 0.15) is 16.5 Å². The van der Waals surface area contributed by atoms with Gasteiger partial charge in [-0.2, -0.15) is 0 Å². The summed E-state index contributed by atoms with van der Waals surface area (Å²) in [5.74, 6) is 0.850. The van der Waals surface area contributed by atoms with Crippen molar-refractivity contribution in [1.82, 2.24) is 15.3 Å². The fraction of sp³-hybridized carbons (Fsp3) is 0.214. The standard InChI is InChI=1S/C14H14BrN3O2S/c1-16-13(12-3-7(20-2)6-21-12)8-4-10-11(5-9(8)15)18-14(19)17-10/h3-6,13,16H,1-2H3,(H2,17,18,19). The summed E-state index contributed by atoms with van der Waals surface area (Å²) >= 11 is 5.22. The molecule has 1 atom stereocenters. The minimum Gasteiger partial charge on any atom is -0.496 e. The van der Waals surface area contributed by atoms with Crippen LogP contribution in [0.25, 0.3) is 11.0 Å². The number of hydrogen-bond acceptors (Lipinski definition) is 4. The summed E-state index contributed by atoms with van der Waals surface area (Å²) < 4.78 is 6.19. The van der Waals surface area contributed by atoms with Crippen molar-refractivity contribution in [3.63, 3.8) is 0 Å². The van der Waals surface area contributed by atoms with Crippen LogP contribution in [0, 0.1) is 0 Å². The van der Waals surface area contributed by atoms with E-state index in [1.165, 1.54) is 0 Å². The molecular formula is C14H14BrN3O2S. The summed E-state index contributed by atoms with van der Waals surface area (Å²) in [6.07, 6.45) is 0. The van der Waals surface area contributed by atoms with Gasteiger partial charge in [-0.15, -0.1) is 11.3 Å². The van der Waals surface area contributed by atoms with Crippen LogP contribution in [0.5, 0.6) is 5.75 Å². The van der Waals surface area contributed by atoms with Crippen molar-refractivity contribution < 1.29 is 4.74 Å². The molecule has 110 valence electrons. The van der Waals surface area contributed by atoms with Crippen LogP contribution in [0.2, 0.25) is 0 Å². The molecule has 3 N–H and O–H groups in total. The summed E-state index contributed by atoms with van der Waals surface area (Å²) in [5, 5.41) is 5.28. The summed E-state index contributed by atoms with van der Waals surface area (Å²) in [6, 6.07) is 5.93. The van der Waals surface area contributed by atoms with Gasteiger partial charge < -0.3 is 20.0 Å². The third-order valence-electron chi connectivity index (χ3n) is 3.35. The Bertz CT molecular complexity index is 836. The molecule has 0 bridgehead atoms. The Morgan fingerprint density at radius 3 is 2.62 bits per heavy atom. The molecule has 0 aliphatic heterocycles. The lowest BCUT2D eigenvalue weighted by Crippen LogP contribution is -2.17. The average Bonchev–Trinajstić information content (AvgIpc) is 3.05. The highest BCUT2D eigenvalue weighted by Gasteiger charge is 2.18. The van der Waals surface area contributed by atoms with E-state index in [1.807, 2.05) is 30.6 Å². The Morgan fingerprint density at radius 1 is 1.29 bits per heavy atom. The van der Waals surface area contributed by atoms with Crippen LogP contribution in [0.15, 0.2) is 32.8 Å². The van der Waals surface area contributed by atoms with Gasteiger partial charge in [0.15, 0.2) is 0 Å². The normalized spacial score (nSPS) is 12.7. The minimum absolute atomic E-state index is 0.0241. The van der Waals surface area contributed by atoms with Crippen molar-refractivity contribution in [2.45, 2.75) is 6.04 Å². The molecule has 7 heteroatoms. The highest BCUT2D eigenvalue weighted by atomic mass is 79.9. The predicted molar refractivity (Wildman–Crippen MR) is 88.4 cm³/mol. The lowest BCUT2D eigenvalue weighted by molar-refractivity contribution is 0.416. The third-order valence-corrected chi connectivity index (χ3v) is 5.01. The van der Waals surface area contributed by atoms with E-state index in [2.05, 4.69) is 31.2 Å². The van der Waals surface area contributed by atoms with E-state index in [-0.39, 0.29) is 11.7 Å². The molecule has 0 saturated carbocycles. The fourth-order valence-corrected chi connectivity index (χ4v) is 3.89. The van der Waals surface area contributed by atoms with E-state index in [9.17, 15) is 4.79 Å². The predicted octanol–water partition coefficient (Wildman–Crippen LogP) is 3.00. The van der Waals surface area contributed by atoms with Gasteiger partial charge in [-0.3, -0.25) is 0 Å². The van der Waals surface area contributed by atoms with E-state index in [0.29, 0.717) is 0 Å². The summed E-state index contributed by atoms with van der Waals surface area (Å²) in [7, 11) is 3.57. The molecule has 0 aliphatic carbocycles. The van der Waals surface area contributed by atoms with Crippen LogP contribution in [0.3, 0.4) is 0 Å². The Hall–Kier alpha value is -1.57. The van der Waals surface area contributed by atoms with E-state index in [1.54, 1.807) is 18.4 Å². The maximum Gasteiger partial charge on any atom is 0.323 e. The van der Waals surface area contributed by atoms with Gasteiger partial charge >= 0.3 is 5.69 Å². The van der Waals surface area contributed by atoms with Crippen molar-refractivity contribution >= 4 is 38.3 Å². The second-order valence-corrected chi connectivity index (χ2v) is 6.41. The van der Waals surface area contributed by atoms with Crippen molar-refractivity contribution in [2.24, 2.45) is 0 Å². The molecular weight excluding hydrogens is 354 g/mol. The summed E-state index contributed by atoms with van der Waals surface area (Å²) in [4.78, 5) is 18.1. The number of ether oxygens (including phenoxy) is 1. The zero-order valence-electron chi connectivity index (χ0n) is 11.5. The number of aromatic amines is 2. The number of thiophene rings is 1. The van der Waals surface area contributed by atoms with Gasteiger partial charge in [-0.05, 0) is 30.8 Å². The van der Waals surface area contributed by atoms with E-state index in [4.69, 9.17) is 4.74 Å². The Labute approximate surface area is 133 Å². The van der Waals surface area contributed by atoms with Gasteiger partial charge in [0.2, 0.25) is 0 Å². The van der Waals surface area contributed by atoms with E-state index in [0.717, 1.165) is 31.7 Å². The van der Waals surface area contributed by atoms with E-state index >= 15 is 0 Å². The average molecular weight is 368 g/mol. The molecule has 1 aromatic carbocycles. The number of aromatic nitrogens is 2. The largest absolute Gasteiger partial charge is 0.496 e. The molecule has 3 rings (SSSR count). The first-order valence-corrected chi connectivity index (χ1v) is 8.00. The molecule has 0 spiro atoms. The molecule has 21 heavy (non-hydrogen) atoms. The number of fused-ring (bicyclic) bond motifs is 1. The van der Waals surface area contributed by atoms with Crippen molar-refractivity contribution in [3.8, 4) is 5.75 Å². The second kappa shape index (κ2) is 5.67. The molecule has 2 heterocycles. The number of halogens is 1. The molecule has 2 aromatic heterocycles. The Balaban J connectivity index is 2.11. The minimum atomic E-state index is -0.201. The number of benzene rings is 1. The fourth-order valence-electron chi connectivity index (χ4n) is 2.34. The van der Waals surface area contributed by atoms with Crippen LogP contribution in [0.4, 0.5) is 0 Å². The number of methoxy groups -OCH3 is 1. The third kappa shape index (κ3) is 2.64. The molecule has 0 aliphatic rings. The first kappa shape index (κ1) is 14.4. The SMILES string of the molecule is CNC(c1cc(OC)cs1)c1cc2[nH]c(=O)[nH]c2cc1Br. The highest BCUT2D eigenvalue weighted by molar-refractivity contribution is 9.10. The van der Waals surface area contributed by atoms with Crippen molar-refractivity contribution in [1.29, 1.82) is 0 Å². The number of hydrogen-bond donors (Lipinski definition) is 3. The highest BCUT2D eigenvalue weighted by Crippen LogP contribution is 2.35. The quantitative estimate of drug-likeness (QED) is 0.663. The number of H-pyrrole nitrogens is 2. The maximum atomic E-state index is 11.4. The zero-order valence-corrected chi connectivity index (χ0v) is 13.9. The van der Waals surface area contributed by atoms with Gasteiger partial charge in [0.1, 0.15) is 5.75 Å².